The number of hydrogen-bond acceptors (Lipinski definition) is 5. The van der Waals surface area contributed by atoms with E-state index < -0.39 is 30.2 Å². The quantitative estimate of drug-likeness (QED) is 0.595. The lowest BCUT2D eigenvalue weighted by atomic mass is 9.48. The Morgan fingerprint density at radius 2 is 1.58 bits per heavy atom. The third kappa shape index (κ3) is 4.76. The lowest BCUT2D eigenvalue weighted by Gasteiger charge is -2.55. The highest BCUT2D eigenvalue weighted by molar-refractivity contribution is 6.30. The van der Waals surface area contributed by atoms with Gasteiger partial charge in [0.2, 0.25) is 5.91 Å². The van der Waals surface area contributed by atoms with Gasteiger partial charge in [-0.2, -0.15) is 0 Å². The largest absolute Gasteiger partial charge is 0.456 e. The Bertz CT molecular complexity index is 862. The van der Waals surface area contributed by atoms with Crippen LogP contribution in [0, 0.1) is 23.2 Å². The molecule has 5 rings (SSSR count). The van der Waals surface area contributed by atoms with Crippen LogP contribution >= 0.6 is 11.6 Å². The van der Waals surface area contributed by atoms with Gasteiger partial charge in [0, 0.05) is 16.0 Å². The lowest BCUT2D eigenvalue weighted by molar-refractivity contribution is -0.159. The second-order valence-electron chi connectivity index (χ2n) is 9.43. The molecule has 2 amide bonds. The molecule has 0 spiro atoms. The SMILES string of the molecule is NC(=O)CC(NC(=O)c1ccc(Cl)cc1)C(=O)OCC(=O)C12CC3CC(CC(C3)C1)C2. The molecule has 1 aromatic rings. The molecular weight excluding hydrogens is 420 g/mol. The Hall–Kier alpha value is -2.41. The molecule has 0 heterocycles. The zero-order valence-electron chi connectivity index (χ0n) is 17.3. The van der Waals surface area contributed by atoms with Gasteiger partial charge in [0.1, 0.15) is 6.04 Å². The molecule has 0 aliphatic heterocycles. The second-order valence-corrected chi connectivity index (χ2v) is 9.87. The number of amides is 2. The van der Waals surface area contributed by atoms with Gasteiger partial charge in [0.15, 0.2) is 12.4 Å². The summed E-state index contributed by atoms with van der Waals surface area (Å²) < 4.78 is 5.28. The van der Waals surface area contributed by atoms with E-state index in [-0.39, 0.29) is 23.4 Å². The van der Waals surface area contributed by atoms with Crippen molar-refractivity contribution in [3.05, 3.63) is 34.9 Å². The molecule has 4 fully saturated rings. The van der Waals surface area contributed by atoms with E-state index in [9.17, 15) is 19.2 Å². The van der Waals surface area contributed by atoms with Crippen molar-refractivity contribution in [2.45, 2.75) is 51.0 Å². The Morgan fingerprint density at radius 3 is 2.10 bits per heavy atom. The maximum Gasteiger partial charge on any atom is 0.329 e. The molecule has 8 heteroatoms. The van der Waals surface area contributed by atoms with Crippen LogP contribution in [0.1, 0.15) is 55.3 Å². The molecule has 4 aliphatic carbocycles. The molecule has 1 atom stereocenters. The van der Waals surface area contributed by atoms with Crippen LogP contribution in [-0.2, 0) is 19.1 Å². The number of benzene rings is 1. The minimum Gasteiger partial charge on any atom is -0.456 e. The minimum absolute atomic E-state index is 0.0400. The Labute approximate surface area is 186 Å². The maximum absolute atomic E-state index is 13.1. The van der Waals surface area contributed by atoms with E-state index in [1.807, 2.05) is 0 Å². The summed E-state index contributed by atoms with van der Waals surface area (Å²) in [6.07, 6.45) is 5.87. The maximum atomic E-state index is 13.1. The summed E-state index contributed by atoms with van der Waals surface area (Å²) in [7, 11) is 0. The van der Waals surface area contributed by atoms with Crippen molar-refractivity contribution in [3.63, 3.8) is 0 Å². The first-order valence-electron chi connectivity index (χ1n) is 10.8. The molecule has 1 aromatic carbocycles. The number of primary amides is 1. The molecular formula is C23H27ClN2O5. The van der Waals surface area contributed by atoms with Crippen molar-refractivity contribution in [2.24, 2.45) is 28.9 Å². The molecule has 7 nitrogen and oxygen atoms in total. The fraction of sp³-hybridized carbons (Fsp3) is 0.565. The van der Waals surface area contributed by atoms with Gasteiger partial charge in [-0.1, -0.05) is 11.6 Å². The average Bonchev–Trinajstić information content (AvgIpc) is 2.70. The highest BCUT2D eigenvalue weighted by Gasteiger charge is 2.54. The summed E-state index contributed by atoms with van der Waals surface area (Å²) in [5, 5.41) is 2.94. The number of carbonyl (C=O) groups excluding carboxylic acids is 4. The number of ether oxygens (including phenoxy) is 1. The van der Waals surface area contributed by atoms with Crippen molar-refractivity contribution in [3.8, 4) is 0 Å². The molecule has 0 radical (unpaired) electrons. The molecule has 0 saturated heterocycles. The van der Waals surface area contributed by atoms with Crippen LogP contribution in [0.3, 0.4) is 0 Å². The van der Waals surface area contributed by atoms with Crippen LogP contribution in [0.4, 0.5) is 0 Å². The minimum atomic E-state index is -1.26. The second kappa shape index (κ2) is 8.61. The summed E-state index contributed by atoms with van der Waals surface area (Å²) in [4.78, 5) is 49.5. The Morgan fingerprint density at radius 1 is 1.03 bits per heavy atom. The normalized spacial score (nSPS) is 29.3. The summed E-state index contributed by atoms with van der Waals surface area (Å²) in [5.41, 5.74) is 5.14. The van der Waals surface area contributed by atoms with Crippen LogP contribution in [0.15, 0.2) is 24.3 Å². The number of ketones is 1. The number of esters is 1. The van der Waals surface area contributed by atoms with E-state index >= 15 is 0 Å². The summed E-state index contributed by atoms with van der Waals surface area (Å²) in [6.45, 7) is -0.336. The van der Waals surface area contributed by atoms with E-state index in [0.29, 0.717) is 22.8 Å². The highest BCUT2D eigenvalue weighted by atomic mass is 35.5. The average molecular weight is 447 g/mol. The molecule has 1 unspecified atom stereocenters. The Kier molecular flexibility index (Phi) is 6.06. The van der Waals surface area contributed by atoms with Gasteiger partial charge in [-0.05, 0) is 80.5 Å². The van der Waals surface area contributed by atoms with E-state index in [1.165, 1.54) is 31.4 Å². The first-order chi connectivity index (χ1) is 14.7. The third-order valence-corrected chi connectivity index (χ3v) is 7.33. The van der Waals surface area contributed by atoms with Gasteiger partial charge in [-0.25, -0.2) is 4.79 Å². The molecule has 4 bridgehead atoms. The van der Waals surface area contributed by atoms with Crippen molar-refractivity contribution in [2.75, 3.05) is 6.61 Å². The number of nitrogens with one attached hydrogen (secondary N) is 1. The molecule has 4 saturated carbocycles. The van der Waals surface area contributed by atoms with E-state index in [1.54, 1.807) is 12.1 Å². The summed E-state index contributed by atoms with van der Waals surface area (Å²) in [6, 6.07) is 4.83. The van der Waals surface area contributed by atoms with Crippen LogP contribution in [0.5, 0.6) is 0 Å². The van der Waals surface area contributed by atoms with E-state index in [2.05, 4.69) is 5.32 Å². The van der Waals surface area contributed by atoms with Crippen LogP contribution in [0.25, 0.3) is 0 Å². The van der Waals surface area contributed by atoms with Crippen molar-refractivity contribution in [1.82, 2.24) is 5.32 Å². The number of hydrogen-bond donors (Lipinski definition) is 2. The number of rotatable bonds is 8. The third-order valence-electron chi connectivity index (χ3n) is 7.08. The fourth-order valence-corrected chi connectivity index (χ4v) is 6.21. The topological polar surface area (TPSA) is 116 Å². The molecule has 0 aromatic heterocycles. The first kappa shape index (κ1) is 21.8. The number of carbonyl (C=O) groups is 4. The van der Waals surface area contributed by atoms with E-state index in [4.69, 9.17) is 22.1 Å². The highest BCUT2D eigenvalue weighted by Crippen LogP contribution is 2.60. The predicted octanol–water partition coefficient (Wildman–Crippen LogP) is 2.64. The molecule has 4 aliphatic rings. The van der Waals surface area contributed by atoms with E-state index in [0.717, 1.165) is 19.3 Å². The van der Waals surface area contributed by atoms with Crippen molar-refractivity contribution >= 4 is 35.2 Å². The van der Waals surface area contributed by atoms with Crippen LogP contribution in [0.2, 0.25) is 5.02 Å². The molecule has 3 N–H and O–H groups in total. The van der Waals surface area contributed by atoms with Crippen molar-refractivity contribution < 1.29 is 23.9 Å². The zero-order valence-corrected chi connectivity index (χ0v) is 18.0. The molecule has 166 valence electrons. The van der Waals surface area contributed by atoms with Crippen LogP contribution < -0.4 is 11.1 Å². The first-order valence-corrected chi connectivity index (χ1v) is 11.2. The zero-order chi connectivity index (χ0) is 22.2. The molecule has 31 heavy (non-hydrogen) atoms. The van der Waals surface area contributed by atoms with Gasteiger partial charge in [0.05, 0.1) is 6.42 Å². The van der Waals surface area contributed by atoms with Gasteiger partial charge >= 0.3 is 5.97 Å². The standard InChI is InChI=1S/C23H27ClN2O5/c24-17-3-1-16(2-4-17)21(29)26-18(8-20(25)28)22(30)31-12-19(27)23-9-13-5-14(10-23)7-15(6-13)11-23/h1-4,13-15,18H,5-12H2,(H2,25,28)(H,26,29). The smallest absolute Gasteiger partial charge is 0.329 e. The van der Waals surface area contributed by atoms with Gasteiger partial charge in [-0.3, -0.25) is 14.4 Å². The number of Topliss-reactive ketones (excluding diaryl/α,β-unsaturated/α-hetero) is 1. The van der Waals surface area contributed by atoms with Crippen molar-refractivity contribution in [1.29, 1.82) is 0 Å². The summed E-state index contributed by atoms with van der Waals surface area (Å²) >= 11 is 5.83. The Balaban J connectivity index is 1.37. The van der Waals surface area contributed by atoms with Gasteiger partial charge in [-0.15, -0.1) is 0 Å². The monoisotopic (exact) mass is 446 g/mol. The van der Waals surface area contributed by atoms with Gasteiger partial charge < -0.3 is 15.8 Å². The van der Waals surface area contributed by atoms with Gasteiger partial charge in [0.25, 0.3) is 5.91 Å². The predicted molar refractivity (Wildman–Crippen MR) is 113 cm³/mol. The fourth-order valence-electron chi connectivity index (χ4n) is 6.08. The number of nitrogens with two attached hydrogens (primary N) is 1. The number of halogens is 1. The van der Waals surface area contributed by atoms with Crippen LogP contribution in [-0.4, -0.2) is 36.2 Å². The summed E-state index contributed by atoms with van der Waals surface area (Å²) in [5.74, 6) is -0.384. The lowest BCUT2D eigenvalue weighted by Crippen LogP contribution is -2.51.